The van der Waals surface area contributed by atoms with Gasteiger partial charge in [-0.05, 0) is 43.7 Å². The summed E-state index contributed by atoms with van der Waals surface area (Å²) in [4.78, 5) is 28.8. The lowest BCUT2D eigenvalue weighted by Crippen LogP contribution is -2.31. The second-order valence-electron chi connectivity index (χ2n) is 6.78. The molecule has 6 nitrogen and oxygen atoms in total. The van der Waals surface area contributed by atoms with Gasteiger partial charge in [-0.2, -0.15) is 0 Å². The Morgan fingerprint density at radius 1 is 1.10 bits per heavy atom. The molecule has 1 N–H and O–H groups in total. The molecular formula is C23H25N3O3. The van der Waals surface area contributed by atoms with Crippen LogP contribution in [0.3, 0.4) is 0 Å². The van der Waals surface area contributed by atoms with E-state index in [4.69, 9.17) is 4.74 Å². The molecule has 0 saturated heterocycles. The first-order valence-electron chi connectivity index (χ1n) is 9.67. The Balaban J connectivity index is 1.54. The fraction of sp³-hybridized carbons (Fsp3) is 0.261. The molecule has 6 heteroatoms. The van der Waals surface area contributed by atoms with E-state index < -0.39 is 0 Å². The summed E-state index contributed by atoms with van der Waals surface area (Å²) in [5.41, 5.74) is 3.43. The molecule has 1 amide bonds. The molecule has 0 aliphatic heterocycles. The van der Waals surface area contributed by atoms with Gasteiger partial charge in [0.25, 0.3) is 5.56 Å². The van der Waals surface area contributed by atoms with Gasteiger partial charge in [0.05, 0.1) is 25.0 Å². The zero-order chi connectivity index (χ0) is 20.6. The van der Waals surface area contributed by atoms with Gasteiger partial charge in [0.2, 0.25) is 5.91 Å². The van der Waals surface area contributed by atoms with Crippen LogP contribution in [0.2, 0.25) is 0 Å². The number of benzene rings is 2. The average molecular weight is 391 g/mol. The summed E-state index contributed by atoms with van der Waals surface area (Å²) in [6, 6.07) is 16.8. The number of hydrogen-bond acceptors (Lipinski definition) is 4. The topological polar surface area (TPSA) is 73.2 Å². The Bertz CT molecular complexity index is 1010. The third-order valence-corrected chi connectivity index (χ3v) is 4.50. The molecule has 0 unspecified atom stereocenters. The second-order valence-corrected chi connectivity index (χ2v) is 6.78. The van der Waals surface area contributed by atoms with Gasteiger partial charge in [-0.1, -0.05) is 29.8 Å². The lowest BCUT2D eigenvalue weighted by atomic mass is 10.1. The number of nitrogens with zero attached hydrogens (tertiary/aromatic N) is 2. The normalized spacial score (nSPS) is 10.6. The third kappa shape index (κ3) is 5.78. The zero-order valence-electron chi connectivity index (χ0n) is 16.7. The second kappa shape index (κ2) is 9.68. The summed E-state index contributed by atoms with van der Waals surface area (Å²) in [5, 5.41) is 2.85. The summed E-state index contributed by atoms with van der Waals surface area (Å²) in [6.07, 6.45) is 1.84. The van der Waals surface area contributed by atoms with Crippen molar-refractivity contribution in [2.75, 3.05) is 13.2 Å². The largest absolute Gasteiger partial charge is 0.494 e. The van der Waals surface area contributed by atoms with Crippen LogP contribution in [0.4, 0.5) is 0 Å². The van der Waals surface area contributed by atoms with Crippen molar-refractivity contribution in [3.8, 4) is 17.0 Å². The zero-order valence-corrected chi connectivity index (χ0v) is 16.7. The van der Waals surface area contributed by atoms with Crippen LogP contribution in [0.25, 0.3) is 11.3 Å². The fourth-order valence-electron chi connectivity index (χ4n) is 2.91. The molecule has 0 spiro atoms. The lowest BCUT2D eigenvalue weighted by molar-refractivity contribution is -0.120. The first-order valence-corrected chi connectivity index (χ1v) is 9.67. The Morgan fingerprint density at radius 3 is 2.48 bits per heavy atom. The molecule has 3 rings (SSSR count). The molecule has 0 aliphatic rings. The van der Waals surface area contributed by atoms with Crippen LogP contribution in [-0.4, -0.2) is 28.6 Å². The van der Waals surface area contributed by atoms with E-state index in [-0.39, 0.29) is 11.5 Å². The summed E-state index contributed by atoms with van der Waals surface area (Å²) in [7, 11) is 0. The van der Waals surface area contributed by atoms with E-state index in [2.05, 4.69) is 10.3 Å². The van der Waals surface area contributed by atoms with Crippen molar-refractivity contribution in [3.05, 3.63) is 82.4 Å². The van der Waals surface area contributed by atoms with Crippen molar-refractivity contribution >= 4 is 5.91 Å². The number of carbonyl (C=O) groups is 1. The lowest BCUT2D eigenvalue weighted by Gasteiger charge is -2.09. The molecule has 0 fully saturated rings. The molecular weight excluding hydrogens is 366 g/mol. The van der Waals surface area contributed by atoms with Gasteiger partial charge in [-0.25, -0.2) is 4.98 Å². The average Bonchev–Trinajstić information content (AvgIpc) is 2.72. The maximum Gasteiger partial charge on any atom is 0.253 e. The molecule has 3 aromatic rings. The van der Waals surface area contributed by atoms with Crippen LogP contribution in [0, 0.1) is 6.92 Å². The van der Waals surface area contributed by atoms with E-state index in [1.807, 2.05) is 62.4 Å². The minimum absolute atomic E-state index is 0.0686. The molecule has 2 aromatic carbocycles. The van der Waals surface area contributed by atoms with Gasteiger partial charge in [0.1, 0.15) is 5.75 Å². The number of nitrogens with one attached hydrogen (secondary N) is 1. The quantitative estimate of drug-likeness (QED) is 0.641. The van der Waals surface area contributed by atoms with Gasteiger partial charge >= 0.3 is 0 Å². The van der Waals surface area contributed by atoms with Gasteiger partial charge in [-0.3, -0.25) is 14.2 Å². The predicted molar refractivity (Wildman–Crippen MR) is 113 cm³/mol. The van der Waals surface area contributed by atoms with Crippen molar-refractivity contribution in [3.63, 3.8) is 0 Å². The minimum atomic E-state index is -0.156. The van der Waals surface area contributed by atoms with Crippen LogP contribution in [0.5, 0.6) is 5.75 Å². The molecule has 0 radical (unpaired) electrons. The highest BCUT2D eigenvalue weighted by Gasteiger charge is 2.06. The van der Waals surface area contributed by atoms with Gasteiger partial charge in [-0.15, -0.1) is 0 Å². The monoisotopic (exact) mass is 391 g/mol. The highest BCUT2D eigenvalue weighted by atomic mass is 16.5. The number of rotatable bonds is 8. The number of aromatic nitrogens is 2. The Morgan fingerprint density at radius 2 is 1.83 bits per heavy atom. The Hall–Kier alpha value is -3.41. The molecule has 1 aromatic heterocycles. The first kappa shape index (κ1) is 20.3. The molecule has 1 heterocycles. The number of ether oxygens (including phenoxy) is 1. The van der Waals surface area contributed by atoms with Crippen molar-refractivity contribution in [1.29, 1.82) is 0 Å². The number of hydrogen-bond donors (Lipinski definition) is 1. The standard InChI is InChI=1S/C23H25N3O3/c1-3-29-20-10-8-19(9-11-20)21-15-23(28)26(16-25-21)13-12-24-22(27)14-18-6-4-17(2)5-7-18/h4-11,15-16H,3,12-14H2,1-2H3,(H,24,27). The molecule has 29 heavy (non-hydrogen) atoms. The van der Waals surface area contributed by atoms with E-state index in [9.17, 15) is 9.59 Å². The molecule has 0 atom stereocenters. The van der Waals surface area contributed by atoms with Crippen molar-refractivity contribution in [2.24, 2.45) is 0 Å². The summed E-state index contributed by atoms with van der Waals surface area (Å²) >= 11 is 0. The number of aryl methyl sites for hydroxylation is 1. The van der Waals surface area contributed by atoms with Crippen LogP contribution in [0.15, 0.2) is 65.7 Å². The summed E-state index contributed by atoms with van der Waals surface area (Å²) in [6.45, 7) is 5.29. The van der Waals surface area contributed by atoms with E-state index in [0.29, 0.717) is 31.8 Å². The summed E-state index contributed by atoms with van der Waals surface area (Å²) in [5.74, 6) is 0.715. The number of carbonyl (C=O) groups excluding carboxylic acids is 1. The molecule has 150 valence electrons. The van der Waals surface area contributed by atoms with E-state index in [0.717, 1.165) is 22.4 Å². The SMILES string of the molecule is CCOc1ccc(-c2cc(=O)n(CCNC(=O)Cc3ccc(C)cc3)cn2)cc1. The molecule has 0 saturated carbocycles. The van der Waals surface area contributed by atoms with Crippen molar-refractivity contribution in [1.82, 2.24) is 14.9 Å². The van der Waals surface area contributed by atoms with Crippen LogP contribution < -0.4 is 15.6 Å². The third-order valence-electron chi connectivity index (χ3n) is 4.50. The highest BCUT2D eigenvalue weighted by molar-refractivity contribution is 5.78. The maximum atomic E-state index is 12.4. The van der Waals surface area contributed by atoms with Crippen LogP contribution in [0.1, 0.15) is 18.1 Å². The Labute approximate surface area is 170 Å². The number of amides is 1. The highest BCUT2D eigenvalue weighted by Crippen LogP contribution is 2.19. The fourth-order valence-corrected chi connectivity index (χ4v) is 2.91. The van der Waals surface area contributed by atoms with Crippen molar-refractivity contribution in [2.45, 2.75) is 26.8 Å². The van der Waals surface area contributed by atoms with Gasteiger partial charge in [0.15, 0.2) is 0 Å². The van der Waals surface area contributed by atoms with E-state index in [1.54, 1.807) is 0 Å². The Kier molecular flexibility index (Phi) is 6.79. The van der Waals surface area contributed by atoms with E-state index >= 15 is 0 Å². The summed E-state index contributed by atoms with van der Waals surface area (Å²) < 4.78 is 6.92. The van der Waals surface area contributed by atoms with Gasteiger partial charge < -0.3 is 10.1 Å². The smallest absolute Gasteiger partial charge is 0.253 e. The van der Waals surface area contributed by atoms with E-state index in [1.165, 1.54) is 17.0 Å². The predicted octanol–water partition coefficient (Wildman–Crippen LogP) is 2.98. The minimum Gasteiger partial charge on any atom is -0.494 e. The maximum absolute atomic E-state index is 12.4. The molecule has 0 aliphatic carbocycles. The van der Waals surface area contributed by atoms with Crippen LogP contribution in [-0.2, 0) is 17.8 Å². The van der Waals surface area contributed by atoms with Crippen LogP contribution >= 0.6 is 0 Å². The van der Waals surface area contributed by atoms with Gasteiger partial charge in [0, 0.05) is 24.7 Å². The van der Waals surface area contributed by atoms with Crippen molar-refractivity contribution < 1.29 is 9.53 Å². The molecule has 0 bridgehead atoms. The first-order chi connectivity index (χ1) is 14.0.